The first kappa shape index (κ1) is 19.5. The average Bonchev–Trinajstić information content (AvgIpc) is 2.77. The predicted octanol–water partition coefficient (Wildman–Crippen LogP) is 5.10. The van der Waals surface area contributed by atoms with E-state index < -0.39 is 0 Å². The maximum absolute atomic E-state index is 6.37. The van der Waals surface area contributed by atoms with E-state index in [4.69, 9.17) is 11.2 Å². The fraction of sp³-hybridized carbons (Fsp3) is 0.900. The smallest absolute Gasteiger partial charge is 0.116 e. The number of nitrogens with zero attached hydrogens (tertiary/aromatic N) is 1. The number of hydrogen-bond acceptors (Lipinski definition) is 2. The van der Waals surface area contributed by atoms with Gasteiger partial charge in [-0.1, -0.05) is 81.4 Å². The van der Waals surface area contributed by atoms with Crippen LogP contribution in [0.4, 0.5) is 0 Å². The molecule has 0 aromatic heterocycles. The molecule has 2 heterocycles. The van der Waals surface area contributed by atoms with Gasteiger partial charge in [0, 0.05) is 12.0 Å². The number of halogens is 1. The summed E-state index contributed by atoms with van der Waals surface area (Å²) in [6.07, 6.45) is 15.8. The van der Waals surface area contributed by atoms with Crippen molar-refractivity contribution in [2.24, 2.45) is 17.3 Å². The minimum Gasteiger partial charge on any atom is -0.361 e. The summed E-state index contributed by atoms with van der Waals surface area (Å²) in [5.41, 5.74) is 0.0804. The molecule has 2 rings (SSSR count). The molecule has 0 bridgehead atoms. The van der Waals surface area contributed by atoms with Gasteiger partial charge in [0.05, 0.1) is 12.0 Å². The summed E-state index contributed by atoms with van der Waals surface area (Å²) in [5, 5.41) is 0. The third-order valence-corrected chi connectivity index (χ3v) is 7.77. The van der Waals surface area contributed by atoms with Crippen LogP contribution in [0, 0.1) is 29.6 Å². The topological polar surface area (TPSA) is 12.5 Å². The lowest BCUT2D eigenvalue weighted by Crippen LogP contribution is -2.40. The van der Waals surface area contributed by atoms with E-state index in [1.165, 1.54) is 58.0 Å². The van der Waals surface area contributed by atoms with Crippen molar-refractivity contribution in [3.05, 3.63) is 0 Å². The van der Waals surface area contributed by atoms with Crippen LogP contribution in [0.1, 0.15) is 65.7 Å². The molecule has 2 saturated heterocycles. The van der Waals surface area contributed by atoms with E-state index in [0.717, 1.165) is 6.54 Å². The van der Waals surface area contributed by atoms with Gasteiger partial charge in [-0.3, -0.25) is 0 Å². The molecule has 0 amide bonds. The standard InChI is InChI=1S/C20H34INO/c1-5-17-18(23-19(21)20(17,4)16(2)3)15-22-13-11-9-7-6-8-10-12-14-22/h1,16-19H,6-15H2,2-4H3/t17-,18-,19-,20-/m1/s1. The number of ether oxygens (including phenoxy) is 1. The summed E-state index contributed by atoms with van der Waals surface area (Å²) in [7, 11) is 0. The average molecular weight is 431 g/mol. The van der Waals surface area contributed by atoms with Crippen LogP contribution in [-0.2, 0) is 4.74 Å². The Hall–Kier alpha value is 0.210. The fourth-order valence-corrected chi connectivity index (χ4v) is 5.56. The Morgan fingerprint density at radius 2 is 1.65 bits per heavy atom. The quantitative estimate of drug-likeness (QED) is 0.350. The van der Waals surface area contributed by atoms with Crippen LogP contribution in [0.5, 0.6) is 0 Å². The molecule has 3 heteroatoms. The van der Waals surface area contributed by atoms with Gasteiger partial charge in [0.1, 0.15) is 4.11 Å². The molecule has 0 aromatic carbocycles. The molecule has 0 N–H and O–H groups in total. The highest BCUT2D eigenvalue weighted by Gasteiger charge is 2.53. The molecule has 0 aliphatic carbocycles. The Morgan fingerprint density at radius 3 is 2.13 bits per heavy atom. The van der Waals surface area contributed by atoms with E-state index in [9.17, 15) is 0 Å². The van der Waals surface area contributed by atoms with Crippen LogP contribution in [0.3, 0.4) is 0 Å². The zero-order valence-corrected chi connectivity index (χ0v) is 17.3. The van der Waals surface area contributed by atoms with Crippen molar-refractivity contribution in [1.82, 2.24) is 4.90 Å². The zero-order chi connectivity index (χ0) is 16.9. The minimum absolute atomic E-state index is 0.0804. The summed E-state index contributed by atoms with van der Waals surface area (Å²) in [6.45, 7) is 10.3. The van der Waals surface area contributed by atoms with Gasteiger partial charge in [-0.25, -0.2) is 0 Å². The summed E-state index contributed by atoms with van der Waals surface area (Å²) in [4.78, 5) is 2.62. The molecular weight excluding hydrogens is 397 g/mol. The van der Waals surface area contributed by atoms with Crippen molar-refractivity contribution in [1.29, 1.82) is 0 Å². The Morgan fingerprint density at radius 1 is 1.13 bits per heavy atom. The Bertz CT molecular complexity index is 395. The van der Waals surface area contributed by atoms with Crippen LogP contribution in [0.15, 0.2) is 0 Å². The van der Waals surface area contributed by atoms with Crippen LogP contribution in [-0.4, -0.2) is 34.7 Å². The van der Waals surface area contributed by atoms with Crippen molar-refractivity contribution in [3.63, 3.8) is 0 Å². The summed E-state index contributed by atoms with van der Waals surface area (Å²) < 4.78 is 6.59. The van der Waals surface area contributed by atoms with E-state index in [1.807, 2.05) is 0 Å². The SMILES string of the molecule is C#C[C@@H]1[C@@H](CN2CCCCCCCCC2)O[C@@H](I)[C@]1(C)C(C)C. The van der Waals surface area contributed by atoms with Crippen molar-refractivity contribution in [3.8, 4) is 12.3 Å². The highest BCUT2D eigenvalue weighted by molar-refractivity contribution is 14.1. The lowest BCUT2D eigenvalue weighted by molar-refractivity contribution is 0.0477. The Kier molecular flexibility index (Phi) is 7.69. The second-order valence-electron chi connectivity index (χ2n) is 7.93. The van der Waals surface area contributed by atoms with Crippen molar-refractivity contribution in [2.75, 3.05) is 19.6 Å². The fourth-order valence-electron chi connectivity index (χ4n) is 4.08. The number of terminal acetylenes is 1. The summed E-state index contributed by atoms with van der Waals surface area (Å²) in [6, 6.07) is 0. The predicted molar refractivity (Wildman–Crippen MR) is 107 cm³/mol. The van der Waals surface area contributed by atoms with E-state index in [2.05, 4.69) is 54.2 Å². The van der Waals surface area contributed by atoms with Crippen LogP contribution in [0.25, 0.3) is 0 Å². The van der Waals surface area contributed by atoms with Crippen LogP contribution in [0.2, 0.25) is 0 Å². The lowest BCUT2D eigenvalue weighted by atomic mass is 9.69. The van der Waals surface area contributed by atoms with Gasteiger partial charge in [0.2, 0.25) is 0 Å². The zero-order valence-electron chi connectivity index (χ0n) is 15.2. The third-order valence-electron chi connectivity index (χ3n) is 6.14. The molecule has 2 fully saturated rings. The molecule has 0 saturated carbocycles. The second kappa shape index (κ2) is 9.06. The first-order chi connectivity index (χ1) is 11.0. The van der Waals surface area contributed by atoms with Gasteiger partial charge in [0.25, 0.3) is 0 Å². The van der Waals surface area contributed by atoms with Gasteiger partial charge < -0.3 is 9.64 Å². The molecule has 4 atom stereocenters. The minimum atomic E-state index is 0.0804. The number of rotatable bonds is 3. The maximum atomic E-state index is 6.37. The number of alkyl halides is 1. The largest absolute Gasteiger partial charge is 0.361 e. The molecule has 2 aliphatic rings. The van der Waals surface area contributed by atoms with Gasteiger partial charge in [-0.05, 0) is 31.8 Å². The third kappa shape index (κ3) is 4.64. The highest BCUT2D eigenvalue weighted by Crippen LogP contribution is 2.51. The van der Waals surface area contributed by atoms with Gasteiger partial charge in [0.15, 0.2) is 0 Å². The molecule has 132 valence electrons. The monoisotopic (exact) mass is 431 g/mol. The Balaban J connectivity index is 2.01. The molecule has 2 aliphatic heterocycles. The van der Waals surface area contributed by atoms with Gasteiger partial charge in [-0.2, -0.15) is 0 Å². The molecule has 2 nitrogen and oxygen atoms in total. The molecule has 23 heavy (non-hydrogen) atoms. The molecule has 0 radical (unpaired) electrons. The van der Waals surface area contributed by atoms with E-state index in [1.54, 1.807) is 0 Å². The molecule has 0 spiro atoms. The van der Waals surface area contributed by atoms with E-state index in [0.29, 0.717) is 5.92 Å². The van der Waals surface area contributed by atoms with Crippen molar-refractivity contribution >= 4 is 22.6 Å². The Labute approximate surface area is 157 Å². The summed E-state index contributed by atoms with van der Waals surface area (Å²) in [5.74, 6) is 3.86. The van der Waals surface area contributed by atoms with Gasteiger partial charge in [-0.15, -0.1) is 6.42 Å². The van der Waals surface area contributed by atoms with Crippen LogP contribution < -0.4 is 0 Å². The van der Waals surface area contributed by atoms with Gasteiger partial charge >= 0.3 is 0 Å². The normalized spacial score (nSPS) is 37.7. The van der Waals surface area contributed by atoms with E-state index in [-0.39, 0.29) is 21.5 Å². The molecule has 0 unspecified atom stereocenters. The maximum Gasteiger partial charge on any atom is 0.116 e. The summed E-state index contributed by atoms with van der Waals surface area (Å²) >= 11 is 2.46. The first-order valence-corrected chi connectivity index (χ1v) is 10.7. The van der Waals surface area contributed by atoms with Crippen molar-refractivity contribution in [2.45, 2.75) is 75.9 Å². The second-order valence-corrected chi connectivity index (χ2v) is 9.06. The molecule has 0 aromatic rings. The highest BCUT2D eigenvalue weighted by atomic mass is 127. The number of hydrogen-bond donors (Lipinski definition) is 0. The van der Waals surface area contributed by atoms with Crippen LogP contribution >= 0.6 is 22.6 Å². The first-order valence-electron chi connectivity index (χ1n) is 9.48. The molecular formula is C20H34INO. The van der Waals surface area contributed by atoms with E-state index >= 15 is 0 Å². The lowest BCUT2D eigenvalue weighted by Gasteiger charge is -2.35. The van der Waals surface area contributed by atoms with Crippen molar-refractivity contribution < 1.29 is 4.74 Å².